The molecule has 2 fully saturated rings. The molecule has 0 saturated heterocycles. The van der Waals surface area contributed by atoms with E-state index in [0.717, 1.165) is 25.7 Å². The van der Waals surface area contributed by atoms with Gasteiger partial charge in [-0.05, 0) is 38.0 Å². The molecule has 92 valence electrons. The molecule has 1 aromatic heterocycles. The highest BCUT2D eigenvalue weighted by molar-refractivity contribution is 6.29. The fraction of sp³-hybridized carbons (Fsp3) is 0.727. The molecular formula is C11H15ClN4O. The van der Waals surface area contributed by atoms with E-state index in [-0.39, 0.29) is 6.10 Å². The van der Waals surface area contributed by atoms with E-state index < -0.39 is 0 Å². The summed E-state index contributed by atoms with van der Waals surface area (Å²) in [7, 11) is 0. The summed E-state index contributed by atoms with van der Waals surface area (Å²) in [6.45, 7) is 1.81. The van der Waals surface area contributed by atoms with Gasteiger partial charge in [-0.25, -0.2) is 4.98 Å². The zero-order valence-electron chi connectivity index (χ0n) is 9.65. The van der Waals surface area contributed by atoms with E-state index in [4.69, 9.17) is 11.6 Å². The summed E-state index contributed by atoms with van der Waals surface area (Å²) >= 11 is 5.77. The summed E-state index contributed by atoms with van der Waals surface area (Å²) in [5.74, 6) is 0.548. The van der Waals surface area contributed by atoms with Gasteiger partial charge in [-0.3, -0.25) is 0 Å². The fourth-order valence-corrected chi connectivity index (χ4v) is 3.08. The van der Waals surface area contributed by atoms with Crippen LogP contribution in [-0.4, -0.2) is 32.4 Å². The number of nitrogens with one attached hydrogen (secondary N) is 1. The lowest BCUT2D eigenvalue weighted by molar-refractivity contribution is -0.0868. The number of hydrogen-bond donors (Lipinski definition) is 2. The van der Waals surface area contributed by atoms with Crippen LogP contribution in [0.4, 0.5) is 5.95 Å². The molecule has 1 aromatic rings. The first kappa shape index (κ1) is 11.2. The van der Waals surface area contributed by atoms with E-state index in [1.54, 1.807) is 0 Å². The van der Waals surface area contributed by atoms with Crippen LogP contribution in [0.3, 0.4) is 0 Å². The first-order valence-corrected chi connectivity index (χ1v) is 6.26. The monoisotopic (exact) mass is 254 g/mol. The maximum atomic E-state index is 9.32. The Bertz CT molecular complexity index is 439. The molecule has 0 radical (unpaired) electrons. The minimum absolute atomic E-state index is 0.0772. The number of halogens is 1. The Morgan fingerprint density at radius 1 is 1.29 bits per heavy atom. The van der Waals surface area contributed by atoms with Crippen molar-refractivity contribution in [3.8, 4) is 0 Å². The Kier molecular flexibility index (Phi) is 2.48. The molecule has 3 rings (SSSR count). The van der Waals surface area contributed by atoms with Gasteiger partial charge in [0.1, 0.15) is 0 Å². The van der Waals surface area contributed by atoms with Crippen molar-refractivity contribution in [1.82, 2.24) is 15.2 Å². The van der Waals surface area contributed by atoms with Crippen molar-refractivity contribution >= 4 is 17.5 Å². The number of aromatic nitrogens is 3. The smallest absolute Gasteiger partial charge is 0.243 e. The molecule has 0 aromatic carbocycles. The molecule has 2 N–H and O–H groups in total. The molecule has 0 atom stereocenters. The van der Waals surface area contributed by atoms with E-state index in [0.29, 0.717) is 28.3 Å². The molecule has 17 heavy (non-hydrogen) atoms. The molecule has 1 spiro atoms. The third-order valence-corrected chi connectivity index (χ3v) is 4.18. The van der Waals surface area contributed by atoms with Crippen LogP contribution in [0.1, 0.15) is 31.4 Å². The fourth-order valence-electron chi connectivity index (χ4n) is 3.00. The van der Waals surface area contributed by atoms with Gasteiger partial charge in [-0.15, -0.1) is 10.2 Å². The maximum absolute atomic E-state index is 9.32. The molecule has 6 heteroatoms. The number of rotatable bonds is 2. The van der Waals surface area contributed by atoms with Gasteiger partial charge in [0.25, 0.3) is 0 Å². The Balaban J connectivity index is 1.57. The third kappa shape index (κ3) is 1.98. The second kappa shape index (κ2) is 3.78. The van der Waals surface area contributed by atoms with Crippen LogP contribution in [0, 0.1) is 12.3 Å². The van der Waals surface area contributed by atoms with E-state index in [1.165, 1.54) is 0 Å². The van der Waals surface area contributed by atoms with Crippen molar-refractivity contribution in [2.75, 3.05) is 5.32 Å². The number of aliphatic hydroxyl groups is 1. The lowest BCUT2D eigenvalue weighted by Crippen LogP contribution is -2.54. The van der Waals surface area contributed by atoms with Crippen molar-refractivity contribution < 1.29 is 5.11 Å². The minimum atomic E-state index is -0.0772. The maximum Gasteiger partial charge on any atom is 0.243 e. The zero-order chi connectivity index (χ0) is 12.0. The second-order valence-corrected chi connectivity index (χ2v) is 5.68. The molecule has 0 amide bonds. The van der Waals surface area contributed by atoms with Gasteiger partial charge in [0, 0.05) is 6.04 Å². The van der Waals surface area contributed by atoms with Gasteiger partial charge in [-0.1, -0.05) is 11.6 Å². The Morgan fingerprint density at radius 2 is 2.00 bits per heavy atom. The molecule has 2 aliphatic carbocycles. The van der Waals surface area contributed by atoms with Gasteiger partial charge in [0.2, 0.25) is 5.95 Å². The Labute approximate surface area is 105 Å². The molecule has 5 nitrogen and oxygen atoms in total. The summed E-state index contributed by atoms with van der Waals surface area (Å²) < 4.78 is 0. The van der Waals surface area contributed by atoms with Gasteiger partial charge in [0.05, 0.1) is 11.8 Å². The third-order valence-electron chi connectivity index (χ3n) is 3.83. The number of hydrogen-bond acceptors (Lipinski definition) is 5. The first-order valence-electron chi connectivity index (χ1n) is 5.88. The minimum Gasteiger partial charge on any atom is -0.393 e. The van der Waals surface area contributed by atoms with Crippen LogP contribution in [0.25, 0.3) is 0 Å². The van der Waals surface area contributed by atoms with Gasteiger partial charge >= 0.3 is 0 Å². The zero-order valence-corrected chi connectivity index (χ0v) is 10.4. The predicted molar refractivity (Wildman–Crippen MR) is 63.9 cm³/mol. The first-order chi connectivity index (χ1) is 8.06. The van der Waals surface area contributed by atoms with Gasteiger partial charge < -0.3 is 10.4 Å². The summed E-state index contributed by atoms with van der Waals surface area (Å²) in [6.07, 6.45) is 4.00. The van der Waals surface area contributed by atoms with E-state index in [2.05, 4.69) is 20.5 Å². The number of nitrogens with zero attached hydrogens (tertiary/aromatic N) is 3. The molecule has 0 bridgehead atoms. The summed E-state index contributed by atoms with van der Waals surface area (Å²) in [4.78, 5) is 4.24. The highest BCUT2D eigenvalue weighted by Gasteiger charge is 2.52. The average molecular weight is 255 g/mol. The van der Waals surface area contributed by atoms with Crippen molar-refractivity contribution in [2.45, 2.75) is 44.8 Å². The van der Waals surface area contributed by atoms with E-state index in [1.807, 2.05) is 6.92 Å². The van der Waals surface area contributed by atoms with Crippen molar-refractivity contribution in [2.24, 2.45) is 5.41 Å². The lowest BCUT2D eigenvalue weighted by Gasteiger charge is -2.56. The van der Waals surface area contributed by atoms with Crippen LogP contribution in [0.2, 0.25) is 5.15 Å². The summed E-state index contributed by atoms with van der Waals surface area (Å²) in [5, 5.41) is 20.7. The average Bonchev–Trinajstić information content (AvgIpc) is 2.18. The molecule has 0 aliphatic heterocycles. The van der Waals surface area contributed by atoms with E-state index >= 15 is 0 Å². The van der Waals surface area contributed by atoms with Crippen LogP contribution < -0.4 is 5.32 Å². The molecular weight excluding hydrogens is 240 g/mol. The largest absolute Gasteiger partial charge is 0.393 e. The second-order valence-electron chi connectivity index (χ2n) is 5.32. The summed E-state index contributed by atoms with van der Waals surface area (Å²) in [6, 6.07) is 0.407. The van der Waals surface area contributed by atoms with Crippen LogP contribution in [-0.2, 0) is 0 Å². The number of aliphatic hydroxyl groups excluding tert-OH is 1. The van der Waals surface area contributed by atoms with Crippen LogP contribution >= 0.6 is 11.6 Å². The summed E-state index contributed by atoms with van der Waals surface area (Å²) in [5.41, 5.74) is 1.09. The predicted octanol–water partition coefficient (Wildman–Crippen LogP) is 1.55. The quantitative estimate of drug-likeness (QED) is 0.838. The molecule has 2 saturated carbocycles. The van der Waals surface area contributed by atoms with Crippen molar-refractivity contribution in [3.05, 3.63) is 10.8 Å². The Morgan fingerprint density at radius 3 is 2.59 bits per heavy atom. The highest BCUT2D eigenvalue weighted by atomic mass is 35.5. The molecule has 0 unspecified atom stereocenters. The van der Waals surface area contributed by atoms with E-state index in [9.17, 15) is 5.11 Å². The van der Waals surface area contributed by atoms with Crippen LogP contribution in [0.15, 0.2) is 0 Å². The Hall–Kier alpha value is -0.940. The van der Waals surface area contributed by atoms with Crippen LogP contribution in [0.5, 0.6) is 0 Å². The topological polar surface area (TPSA) is 70.9 Å². The highest BCUT2D eigenvalue weighted by Crippen LogP contribution is 2.56. The van der Waals surface area contributed by atoms with Crippen molar-refractivity contribution in [1.29, 1.82) is 0 Å². The molecule has 2 aliphatic rings. The van der Waals surface area contributed by atoms with Crippen molar-refractivity contribution in [3.63, 3.8) is 0 Å². The normalized spacial score (nSPS) is 35.2. The van der Waals surface area contributed by atoms with Gasteiger partial charge in [-0.2, -0.15) is 0 Å². The number of anilines is 1. The van der Waals surface area contributed by atoms with Gasteiger partial charge in [0.15, 0.2) is 5.15 Å². The SMILES string of the molecule is Cc1nc(NC2CC3(CC(O)C3)C2)nnc1Cl. The standard InChI is InChI=1S/C11H15ClN4O/c1-6-9(12)15-16-10(13-6)14-7-2-11(3-7)4-8(17)5-11/h7-8,17H,2-5H2,1H3,(H,13,14,16). The molecule has 1 heterocycles. The lowest BCUT2D eigenvalue weighted by atomic mass is 9.53. The number of aryl methyl sites for hydroxylation is 1.